The molecule has 0 aliphatic rings. The highest BCUT2D eigenvalue weighted by Crippen LogP contribution is 2.27. The van der Waals surface area contributed by atoms with E-state index in [0.29, 0.717) is 16.2 Å². The largest absolute Gasteiger partial charge is 0.464 e. The Bertz CT molecular complexity index is 598. The number of nitrogens with two attached hydrogens (primary N) is 1. The van der Waals surface area contributed by atoms with E-state index in [4.69, 9.17) is 5.73 Å². The first kappa shape index (κ1) is 13.7. The lowest BCUT2D eigenvalue weighted by atomic mass is 10.0. The third-order valence-electron chi connectivity index (χ3n) is 2.60. The van der Waals surface area contributed by atoms with Crippen LogP contribution in [0, 0.1) is 0 Å². The number of benzene rings is 1. The van der Waals surface area contributed by atoms with Crippen LogP contribution in [-0.4, -0.2) is 33.9 Å². The predicted molar refractivity (Wildman–Crippen MR) is 71.6 cm³/mol. The number of carbonyl (C=O) groups is 1. The fraction of sp³-hybridized carbons (Fsp3) is 0.333. The lowest BCUT2D eigenvalue weighted by Gasteiger charge is -2.16. The predicted octanol–water partition coefficient (Wildman–Crippen LogP) is 0.836. The number of fused-ring (bicyclic) bond motifs is 1. The summed E-state index contributed by atoms with van der Waals surface area (Å²) in [6, 6.07) is 4.95. The zero-order chi connectivity index (χ0) is 14.0. The van der Waals surface area contributed by atoms with Crippen LogP contribution in [0.2, 0.25) is 0 Å². The Kier molecular flexibility index (Phi) is 3.98. The number of ether oxygens (including phenoxy) is 1. The van der Waals surface area contributed by atoms with Gasteiger partial charge in [0, 0.05) is 0 Å². The second-order valence-electron chi connectivity index (χ2n) is 3.92. The van der Waals surface area contributed by atoms with Crippen LogP contribution >= 0.6 is 11.3 Å². The molecule has 0 aliphatic carbocycles. The van der Waals surface area contributed by atoms with E-state index in [2.05, 4.69) is 9.72 Å². The summed E-state index contributed by atoms with van der Waals surface area (Å²) in [6.07, 6.45) is -2.97. The lowest BCUT2D eigenvalue weighted by molar-refractivity contribution is -0.159. The second kappa shape index (κ2) is 5.52. The Morgan fingerprint density at radius 3 is 2.95 bits per heavy atom. The second-order valence-corrected chi connectivity index (χ2v) is 4.98. The SMILES string of the molecule is CCOC(=O)C(O)C(O)c1ccc2sc(N)nc2c1. The number of hydrogen-bond acceptors (Lipinski definition) is 7. The molecule has 0 saturated heterocycles. The van der Waals surface area contributed by atoms with E-state index in [0.717, 1.165) is 4.70 Å². The van der Waals surface area contributed by atoms with Crippen molar-refractivity contribution in [3.05, 3.63) is 23.8 Å². The molecule has 0 saturated carbocycles. The van der Waals surface area contributed by atoms with Gasteiger partial charge in [-0.05, 0) is 24.6 Å². The van der Waals surface area contributed by atoms with Gasteiger partial charge >= 0.3 is 5.97 Å². The van der Waals surface area contributed by atoms with Crippen LogP contribution in [0.1, 0.15) is 18.6 Å². The number of hydrogen-bond donors (Lipinski definition) is 3. The number of rotatable bonds is 4. The maximum atomic E-state index is 11.4. The Morgan fingerprint density at radius 1 is 1.53 bits per heavy atom. The fourth-order valence-electron chi connectivity index (χ4n) is 1.69. The van der Waals surface area contributed by atoms with Gasteiger partial charge in [0.2, 0.25) is 0 Å². The molecule has 0 amide bonds. The number of nitrogens with zero attached hydrogens (tertiary/aromatic N) is 1. The van der Waals surface area contributed by atoms with E-state index >= 15 is 0 Å². The molecule has 2 rings (SSSR count). The Labute approximate surface area is 113 Å². The molecule has 0 bridgehead atoms. The van der Waals surface area contributed by atoms with Crippen molar-refractivity contribution in [2.24, 2.45) is 0 Å². The van der Waals surface area contributed by atoms with Gasteiger partial charge in [0.15, 0.2) is 11.2 Å². The summed E-state index contributed by atoms with van der Waals surface area (Å²) in [6.45, 7) is 1.77. The van der Waals surface area contributed by atoms with E-state index in [1.54, 1.807) is 25.1 Å². The molecule has 19 heavy (non-hydrogen) atoms. The van der Waals surface area contributed by atoms with Gasteiger partial charge in [-0.2, -0.15) is 0 Å². The summed E-state index contributed by atoms with van der Waals surface area (Å²) < 4.78 is 5.53. The first-order valence-corrected chi connectivity index (χ1v) is 6.53. The molecule has 0 aliphatic heterocycles. The maximum Gasteiger partial charge on any atom is 0.338 e. The Balaban J connectivity index is 2.25. The molecule has 102 valence electrons. The molecule has 1 aromatic carbocycles. The van der Waals surface area contributed by atoms with Crippen LogP contribution in [0.25, 0.3) is 10.2 Å². The molecule has 0 fully saturated rings. The van der Waals surface area contributed by atoms with Crippen molar-refractivity contribution in [2.45, 2.75) is 19.1 Å². The van der Waals surface area contributed by atoms with Crippen molar-refractivity contribution in [3.63, 3.8) is 0 Å². The first-order chi connectivity index (χ1) is 9.02. The van der Waals surface area contributed by atoms with Gasteiger partial charge in [-0.3, -0.25) is 0 Å². The molecule has 2 atom stereocenters. The molecule has 7 heteroatoms. The van der Waals surface area contributed by atoms with Crippen molar-refractivity contribution >= 4 is 32.7 Å². The number of thiazole rings is 1. The summed E-state index contributed by atoms with van der Waals surface area (Å²) >= 11 is 1.33. The zero-order valence-electron chi connectivity index (χ0n) is 10.2. The van der Waals surface area contributed by atoms with Gasteiger partial charge in [0.25, 0.3) is 0 Å². The quantitative estimate of drug-likeness (QED) is 0.717. The standard InChI is InChI=1S/C12H14N2O4S/c1-2-18-11(17)10(16)9(15)6-3-4-8-7(5-6)14-12(13)19-8/h3-5,9-10,15-16H,2H2,1H3,(H2,13,14). The van der Waals surface area contributed by atoms with Gasteiger partial charge in [-0.1, -0.05) is 17.4 Å². The number of esters is 1. The van der Waals surface area contributed by atoms with Crippen molar-refractivity contribution in [3.8, 4) is 0 Å². The minimum Gasteiger partial charge on any atom is -0.464 e. The lowest BCUT2D eigenvalue weighted by Crippen LogP contribution is -2.29. The van der Waals surface area contributed by atoms with E-state index in [9.17, 15) is 15.0 Å². The number of anilines is 1. The van der Waals surface area contributed by atoms with Crippen LogP contribution < -0.4 is 5.73 Å². The van der Waals surface area contributed by atoms with Crippen molar-refractivity contribution in [1.82, 2.24) is 4.98 Å². The molecule has 0 radical (unpaired) electrons. The Hall–Kier alpha value is -1.70. The smallest absolute Gasteiger partial charge is 0.338 e. The minimum atomic E-state index is -1.62. The Morgan fingerprint density at radius 2 is 2.26 bits per heavy atom. The molecule has 1 heterocycles. The zero-order valence-corrected chi connectivity index (χ0v) is 11.1. The number of carbonyl (C=O) groups excluding carboxylic acids is 1. The third-order valence-corrected chi connectivity index (χ3v) is 3.46. The molecule has 6 nitrogen and oxygen atoms in total. The summed E-state index contributed by atoms with van der Waals surface area (Å²) in [5.41, 5.74) is 6.59. The van der Waals surface area contributed by atoms with Gasteiger partial charge in [0.05, 0.1) is 16.8 Å². The van der Waals surface area contributed by atoms with Crippen LogP contribution in [0.5, 0.6) is 0 Å². The normalized spacial score (nSPS) is 14.3. The topological polar surface area (TPSA) is 106 Å². The van der Waals surface area contributed by atoms with E-state index in [1.165, 1.54) is 11.3 Å². The van der Waals surface area contributed by atoms with Crippen molar-refractivity contribution in [2.75, 3.05) is 12.3 Å². The molecule has 1 aromatic heterocycles. The summed E-state index contributed by atoms with van der Waals surface area (Å²) in [5.74, 6) is -0.854. The number of aliphatic hydroxyl groups excluding tert-OH is 2. The number of nitrogen functional groups attached to an aromatic ring is 1. The average molecular weight is 282 g/mol. The van der Waals surface area contributed by atoms with Crippen LogP contribution in [0.15, 0.2) is 18.2 Å². The summed E-state index contributed by atoms with van der Waals surface area (Å²) in [4.78, 5) is 15.4. The summed E-state index contributed by atoms with van der Waals surface area (Å²) in [7, 11) is 0. The highest BCUT2D eigenvalue weighted by atomic mass is 32.1. The first-order valence-electron chi connectivity index (χ1n) is 5.71. The van der Waals surface area contributed by atoms with E-state index < -0.39 is 18.2 Å². The van der Waals surface area contributed by atoms with Gasteiger partial charge in [-0.15, -0.1) is 0 Å². The molecular formula is C12H14N2O4S. The van der Waals surface area contributed by atoms with Crippen LogP contribution in [0.3, 0.4) is 0 Å². The summed E-state index contributed by atoms with van der Waals surface area (Å²) in [5, 5.41) is 20.1. The van der Waals surface area contributed by atoms with Crippen LogP contribution in [-0.2, 0) is 9.53 Å². The highest BCUT2D eigenvalue weighted by Gasteiger charge is 2.27. The molecule has 4 N–H and O–H groups in total. The van der Waals surface area contributed by atoms with Crippen molar-refractivity contribution in [1.29, 1.82) is 0 Å². The van der Waals surface area contributed by atoms with Crippen molar-refractivity contribution < 1.29 is 19.7 Å². The maximum absolute atomic E-state index is 11.4. The third kappa shape index (κ3) is 2.83. The number of aromatic nitrogens is 1. The molecule has 2 unspecified atom stereocenters. The molecular weight excluding hydrogens is 268 g/mol. The number of aliphatic hydroxyl groups is 2. The van der Waals surface area contributed by atoms with E-state index in [-0.39, 0.29) is 6.61 Å². The average Bonchev–Trinajstić information content (AvgIpc) is 2.76. The highest BCUT2D eigenvalue weighted by molar-refractivity contribution is 7.22. The van der Waals surface area contributed by atoms with E-state index in [1.807, 2.05) is 0 Å². The molecule has 2 aromatic rings. The van der Waals surface area contributed by atoms with Gasteiger partial charge in [0.1, 0.15) is 6.10 Å². The van der Waals surface area contributed by atoms with Gasteiger partial charge < -0.3 is 20.7 Å². The molecule has 0 spiro atoms. The van der Waals surface area contributed by atoms with Gasteiger partial charge in [-0.25, -0.2) is 9.78 Å². The monoisotopic (exact) mass is 282 g/mol. The fourth-order valence-corrected chi connectivity index (χ4v) is 2.40. The van der Waals surface area contributed by atoms with Crippen LogP contribution in [0.4, 0.5) is 5.13 Å². The minimum absolute atomic E-state index is 0.143.